The molecule has 1 atom stereocenters. The molecule has 1 aromatic carbocycles. The summed E-state index contributed by atoms with van der Waals surface area (Å²) in [7, 11) is 1.90. The third-order valence-corrected chi connectivity index (χ3v) is 4.07. The minimum atomic E-state index is -0.680. The second-order valence-electron chi connectivity index (χ2n) is 6.69. The fourth-order valence-electron chi connectivity index (χ4n) is 2.43. The molecule has 0 saturated carbocycles. The number of nitrogens with one attached hydrogen (secondary N) is 2. The number of rotatable bonds is 9. The van der Waals surface area contributed by atoms with Gasteiger partial charge in [0, 0.05) is 20.1 Å². The zero-order chi connectivity index (χ0) is 20.5. The lowest BCUT2D eigenvalue weighted by Crippen LogP contribution is -2.39. The van der Waals surface area contributed by atoms with E-state index in [-0.39, 0.29) is 6.10 Å². The minimum absolute atomic E-state index is 0.116. The largest absolute Gasteiger partial charge is 0.491 e. The minimum Gasteiger partial charge on any atom is -0.491 e. The van der Waals surface area contributed by atoms with E-state index in [1.165, 1.54) is 0 Å². The van der Waals surface area contributed by atoms with Crippen LogP contribution in [0, 0.1) is 6.92 Å². The van der Waals surface area contributed by atoms with Gasteiger partial charge in [-0.05, 0) is 38.5 Å². The van der Waals surface area contributed by atoms with Gasteiger partial charge >= 0.3 is 0 Å². The van der Waals surface area contributed by atoms with Crippen LogP contribution in [0.1, 0.15) is 37.2 Å². The van der Waals surface area contributed by atoms with Crippen molar-refractivity contribution in [3.05, 3.63) is 54.1 Å². The van der Waals surface area contributed by atoms with E-state index < -0.39 is 6.10 Å². The maximum atomic E-state index is 10.5. The van der Waals surface area contributed by atoms with Crippen LogP contribution in [-0.2, 0) is 13.6 Å². The first-order valence-corrected chi connectivity index (χ1v) is 9.33. The molecule has 0 spiro atoms. The molecule has 1 unspecified atom stereocenters. The number of aliphatic hydroxyl groups excluding tert-OH is 1. The van der Waals surface area contributed by atoms with Crippen LogP contribution in [0.3, 0.4) is 0 Å². The summed E-state index contributed by atoms with van der Waals surface area (Å²) in [6.45, 7) is 10.8. The number of nitrogens with zero attached hydrogens (tertiary/aromatic N) is 4. The number of aliphatic imine (C=N–C) groups is 1. The fraction of sp³-hybridized carbons (Fsp3) is 0.450. The molecular weight excluding hydrogens is 356 g/mol. The van der Waals surface area contributed by atoms with Gasteiger partial charge in [0.15, 0.2) is 11.8 Å². The molecule has 3 N–H and O–H groups in total. The van der Waals surface area contributed by atoms with Crippen LogP contribution in [0.5, 0.6) is 5.75 Å². The first-order chi connectivity index (χ1) is 13.4. The van der Waals surface area contributed by atoms with E-state index in [9.17, 15) is 5.11 Å². The number of hydrogen-bond acceptors (Lipinski definition) is 5. The van der Waals surface area contributed by atoms with Gasteiger partial charge in [-0.3, -0.25) is 0 Å². The Bertz CT molecular complexity index is 782. The normalized spacial score (nSPS) is 12.7. The molecule has 0 aliphatic carbocycles. The summed E-state index contributed by atoms with van der Waals surface area (Å²) in [5, 5.41) is 24.9. The Balaban J connectivity index is 1.96. The molecule has 152 valence electrons. The van der Waals surface area contributed by atoms with E-state index in [1.807, 2.05) is 56.7 Å². The van der Waals surface area contributed by atoms with Crippen molar-refractivity contribution >= 4 is 5.96 Å². The number of aryl methyl sites for hydroxylation is 1. The van der Waals surface area contributed by atoms with E-state index in [0.717, 1.165) is 23.0 Å². The van der Waals surface area contributed by atoms with Crippen LogP contribution in [0.25, 0.3) is 0 Å². The second kappa shape index (κ2) is 10.5. The van der Waals surface area contributed by atoms with Gasteiger partial charge in [-0.15, -0.1) is 16.8 Å². The van der Waals surface area contributed by atoms with E-state index in [1.54, 1.807) is 6.08 Å². The van der Waals surface area contributed by atoms with Crippen molar-refractivity contribution < 1.29 is 9.84 Å². The predicted molar refractivity (Wildman–Crippen MR) is 110 cm³/mol. The average Bonchev–Trinajstić information content (AvgIpc) is 2.99. The highest BCUT2D eigenvalue weighted by Gasteiger charge is 2.10. The average molecular weight is 387 g/mol. The van der Waals surface area contributed by atoms with Gasteiger partial charge in [-0.25, -0.2) is 4.99 Å². The highest BCUT2D eigenvalue weighted by molar-refractivity contribution is 5.79. The molecule has 2 aromatic rings. The van der Waals surface area contributed by atoms with E-state index in [4.69, 9.17) is 4.74 Å². The van der Waals surface area contributed by atoms with Crippen molar-refractivity contribution in [3.8, 4) is 5.75 Å². The highest BCUT2D eigenvalue weighted by atomic mass is 16.5. The summed E-state index contributed by atoms with van der Waals surface area (Å²) in [5.74, 6) is 2.95. The molecular formula is C20H30N6O2. The van der Waals surface area contributed by atoms with Crippen LogP contribution < -0.4 is 15.4 Å². The topological polar surface area (TPSA) is 96.6 Å². The number of benzene rings is 1. The zero-order valence-corrected chi connectivity index (χ0v) is 17.0. The lowest BCUT2D eigenvalue weighted by atomic mass is 10.1. The van der Waals surface area contributed by atoms with Crippen LogP contribution in [0.4, 0.5) is 0 Å². The molecule has 0 aliphatic rings. The Labute approximate surface area is 166 Å². The van der Waals surface area contributed by atoms with Gasteiger partial charge in [0.05, 0.1) is 12.2 Å². The Morgan fingerprint density at radius 3 is 2.57 bits per heavy atom. The summed E-state index contributed by atoms with van der Waals surface area (Å²) >= 11 is 0. The monoisotopic (exact) mass is 386 g/mol. The molecule has 1 aromatic heterocycles. The van der Waals surface area contributed by atoms with E-state index >= 15 is 0 Å². The Hall–Kier alpha value is -2.87. The van der Waals surface area contributed by atoms with E-state index in [0.29, 0.717) is 25.6 Å². The van der Waals surface area contributed by atoms with Crippen molar-refractivity contribution in [1.82, 2.24) is 25.4 Å². The van der Waals surface area contributed by atoms with Gasteiger partial charge in [-0.1, -0.05) is 18.2 Å². The molecule has 0 aliphatic heterocycles. The van der Waals surface area contributed by atoms with Gasteiger partial charge < -0.3 is 25.0 Å². The van der Waals surface area contributed by atoms with Crippen LogP contribution in [0.15, 0.2) is 41.9 Å². The molecule has 0 bridgehead atoms. The molecule has 8 heteroatoms. The zero-order valence-electron chi connectivity index (χ0n) is 17.0. The molecule has 0 fully saturated rings. The molecule has 8 nitrogen and oxygen atoms in total. The number of aliphatic hydroxyl groups is 1. The summed E-state index contributed by atoms with van der Waals surface area (Å²) < 4.78 is 7.52. The van der Waals surface area contributed by atoms with Gasteiger partial charge in [0.25, 0.3) is 0 Å². The lowest BCUT2D eigenvalue weighted by molar-refractivity contribution is 0.180. The Morgan fingerprint density at radius 1 is 1.29 bits per heavy atom. The fourth-order valence-corrected chi connectivity index (χ4v) is 2.43. The second-order valence-corrected chi connectivity index (χ2v) is 6.69. The molecule has 2 rings (SSSR count). The lowest BCUT2D eigenvalue weighted by Gasteiger charge is -2.16. The Morgan fingerprint density at radius 2 is 2.00 bits per heavy atom. The summed E-state index contributed by atoms with van der Waals surface area (Å²) in [6, 6.07) is 7.45. The predicted octanol–water partition coefficient (Wildman–Crippen LogP) is 1.87. The van der Waals surface area contributed by atoms with Crippen molar-refractivity contribution in [2.75, 3.05) is 13.1 Å². The van der Waals surface area contributed by atoms with Crippen LogP contribution in [-0.4, -0.2) is 45.0 Å². The standard InChI is InChI=1S/C20H30N6O2/c1-6-11-21-20(23-13-19-25-24-15(4)26(19)5)22-12-18(27)16-7-9-17(10-8-16)28-14(2)3/h6-10,14,18,27H,1,11-13H2,2-5H3,(H2,21,22,23). The molecule has 0 radical (unpaired) electrons. The maximum Gasteiger partial charge on any atom is 0.192 e. The van der Waals surface area contributed by atoms with Crippen LogP contribution in [0.2, 0.25) is 0 Å². The first kappa shape index (κ1) is 21.4. The number of hydrogen-bond donors (Lipinski definition) is 3. The van der Waals surface area contributed by atoms with Crippen molar-refractivity contribution in [1.29, 1.82) is 0 Å². The van der Waals surface area contributed by atoms with Crippen molar-refractivity contribution in [2.24, 2.45) is 12.0 Å². The number of guanidine groups is 1. The van der Waals surface area contributed by atoms with Crippen LogP contribution >= 0.6 is 0 Å². The smallest absolute Gasteiger partial charge is 0.192 e. The summed E-state index contributed by atoms with van der Waals surface area (Å²) in [6.07, 6.45) is 1.18. The maximum absolute atomic E-state index is 10.5. The third kappa shape index (κ3) is 6.38. The van der Waals surface area contributed by atoms with E-state index in [2.05, 4.69) is 32.4 Å². The highest BCUT2D eigenvalue weighted by Crippen LogP contribution is 2.18. The summed E-state index contributed by atoms with van der Waals surface area (Å²) in [4.78, 5) is 4.51. The SMILES string of the molecule is C=CCNC(=NCc1nnc(C)n1C)NCC(O)c1ccc(OC(C)C)cc1. The quantitative estimate of drug-likeness (QED) is 0.346. The van der Waals surface area contributed by atoms with Gasteiger partial charge in [0.2, 0.25) is 0 Å². The van der Waals surface area contributed by atoms with Crippen molar-refractivity contribution in [2.45, 2.75) is 39.5 Å². The van der Waals surface area contributed by atoms with Gasteiger partial charge in [-0.2, -0.15) is 0 Å². The van der Waals surface area contributed by atoms with Crippen molar-refractivity contribution in [3.63, 3.8) is 0 Å². The van der Waals surface area contributed by atoms with Gasteiger partial charge in [0.1, 0.15) is 18.1 Å². The molecule has 0 saturated heterocycles. The number of aromatic nitrogens is 3. The summed E-state index contributed by atoms with van der Waals surface area (Å²) in [5.41, 5.74) is 0.801. The number of ether oxygens (including phenoxy) is 1. The third-order valence-electron chi connectivity index (χ3n) is 4.07. The first-order valence-electron chi connectivity index (χ1n) is 9.33. The Kier molecular flexibility index (Phi) is 8.01. The molecule has 1 heterocycles. The molecule has 0 amide bonds. The molecule has 28 heavy (non-hydrogen) atoms.